The number of ether oxygens (including phenoxy) is 1. The molecule has 0 atom stereocenters. The number of hydrogen-bond acceptors (Lipinski definition) is 5. The van der Waals surface area contributed by atoms with Crippen molar-refractivity contribution in [2.45, 2.75) is 28.9 Å². The van der Waals surface area contributed by atoms with E-state index in [4.69, 9.17) is 9.88 Å². The second-order valence-electron chi connectivity index (χ2n) is 3.54. The predicted octanol–water partition coefficient (Wildman–Crippen LogP) is 0.992. The van der Waals surface area contributed by atoms with E-state index in [1.165, 1.54) is 24.0 Å². The third-order valence-electron chi connectivity index (χ3n) is 2.14. The number of nitrogens with two attached hydrogens (primary N) is 1. The van der Waals surface area contributed by atoms with E-state index in [2.05, 4.69) is 4.98 Å². The van der Waals surface area contributed by atoms with Gasteiger partial charge in [0.2, 0.25) is 0 Å². The van der Waals surface area contributed by atoms with E-state index >= 15 is 0 Å². The molecule has 0 unspecified atom stereocenters. The number of pyridine rings is 1. The van der Waals surface area contributed by atoms with Crippen LogP contribution in [0.2, 0.25) is 0 Å². The smallest absolute Gasteiger partial charge is 0.255 e. The molecular formula is C9H12N2O3S2. The van der Waals surface area contributed by atoms with E-state index < -0.39 is 10.0 Å². The van der Waals surface area contributed by atoms with Gasteiger partial charge in [0.1, 0.15) is 0 Å². The van der Waals surface area contributed by atoms with E-state index in [-0.39, 0.29) is 11.1 Å². The Hall–Kier alpha value is -0.790. The molecule has 0 aromatic carbocycles. The molecule has 0 radical (unpaired) electrons. The number of nitrogens with zero attached hydrogens (tertiary/aromatic N) is 1. The zero-order valence-corrected chi connectivity index (χ0v) is 10.3. The van der Waals surface area contributed by atoms with Gasteiger partial charge in [-0.05, 0) is 25.2 Å². The zero-order valence-electron chi connectivity index (χ0n) is 8.71. The van der Waals surface area contributed by atoms with Crippen LogP contribution in [0.1, 0.15) is 12.8 Å². The summed E-state index contributed by atoms with van der Waals surface area (Å²) < 4.78 is 27.8. The fraction of sp³-hybridized carbons (Fsp3) is 0.444. The van der Waals surface area contributed by atoms with Crippen LogP contribution in [0.5, 0.6) is 5.75 Å². The number of aromatic nitrogens is 1. The molecule has 1 heterocycles. The first-order valence-corrected chi connectivity index (χ1v) is 7.51. The van der Waals surface area contributed by atoms with E-state index in [9.17, 15) is 8.42 Å². The van der Waals surface area contributed by atoms with Gasteiger partial charge in [-0.2, -0.15) is 0 Å². The van der Waals surface area contributed by atoms with Gasteiger partial charge in [0.05, 0.1) is 17.2 Å². The molecule has 0 saturated heterocycles. The Balaban J connectivity index is 2.33. The lowest BCUT2D eigenvalue weighted by molar-refractivity contribution is 0.294. The normalized spacial score (nSPS) is 16.1. The SMILES string of the molecule is CSc1cc(S(N)(=O)=O)ncc1OC1CC1. The number of hydrogen-bond donors (Lipinski definition) is 1. The Morgan fingerprint density at radius 1 is 1.56 bits per heavy atom. The molecule has 0 bridgehead atoms. The average Bonchev–Trinajstić information content (AvgIpc) is 3.00. The maximum Gasteiger partial charge on any atom is 0.255 e. The molecule has 2 rings (SSSR count). The summed E-state index contributed by atoms with van der Waals surface area (Å²) in [4.78, 5) is 4.53. The second kappa shape index (κ2) is 4.23. The molecule has 16 heavy (non-hydrogen) atoms. The summed E-state index contributed by atoms with van der Waals surface area (Å²) in [6.45, 7) is 0. The summed E-state index contributed by atoms with van der Waals surface area (Å²) >= 11 is 1.41. The highest BCUT2D eigenvalue weighted by molar-refractivity contribution is 7.98. The molecule has 0 spiro atoms. The fourth-order valence-electron chi connectivity index (χ4n) is 1.18. The maximum absolute atomic E-state index is 11.1. The molecule has 1 aliphatic rings. The first-order valence-electron chi connectivity index (χ1n) is 4.74. The highest BCUT2D eigenvalue weighted by Crippen LogP contribution is 2.33. The minimum absolute atomic E-state index is 0.125. The van der Waals surface area contributed by atoms with E-state index in [1.807, 2.05) is 6.26 Å². The van der Waals surface area contributed by atoms with Crippen molar-refractivity contribution in [3.8, 4) is 5.75 Å². The van der Waals surface area contributed by atoms with Crippen molar-refractivity contribution < 1.29 is 13.2 Å². The molecule has 2 N–H and O–H groups in total. The molecule has 5 nitrogen and oxygen atoms in total. The molecule has 0 amide bonds. The number of sulfonamides is 1. The van der Waals surface area contributed by atoms with Crippen molar-refractivity contribution in [2.75, 3.05) is 6.26 Å². The first kappa shape index (κ1) is 11.7. The summed E-state index contributed by atoms with van der Waals surface area (Å²) in [6.07, 6.45) is 5.62. The van der Waals surface area contributed by atoms with Crippen LogP contribution in [0.25, 0.3) is 0 Å². The van der Waals surface area contributed by atoms with Gasteiger partial charge in [0.25, 0.3) is 10.0 Å². The van der Waals surface area contributed by atoms with Crippen LogP contribution in [0.3, 0.4) is 0 Å². The fourth-order valence-corrected chi connectivity index (χ4v) is 2.26. The largest absolute Gasteiger partial charge is 0.488 e. The monoisotopic (exact) mass is 260 g/mol. The van der Waals surface area contributed by atoms with Crippen molar-refractivity contribution >= 4 is 21.8 Å². The van der Waals surface area contributed by atoms with Crippen LogP contribution in [-0.2, 0) is 10.0 Å². The van der Waals surface area contributed by atoms with Crippen LogP contribution < -0.4 is 9.88 Å². The lowest BCUT2D eigenvalue weighted by atomic mass is 10.4. The molecule has 1 saturated carbocycles. The lowest BCUT2D eigenvalue weighted by Crippen LogP contribution is -2.14. The van der Waals surface area contributed by atoms with Gasteiger partial charge in [0.15, 0.2) is 10.8 Å². The van der Waals surface area contributed by atoms with Crippen LogP contribution in [-0.4, -0.2) is 25.8 Å². The Labute approximate surface area is 98.4 Å². The third-order valence-corrected chi connectivity index (χ3v) is 3.70. The van der Waals surface area contributed by atoms with Crippen molar-refractivity contribution in [1.29, 1.82) is 0 Å². The van der Waals surface area contributed by atoms with E-state index in [0.717, 1.165) is 17.7 Å². The summed E-state index contributed by atoms with van der Waals surface area (Å²) in [7, 11) is -3.75. The molecule has 1 aromatic heterocycles. The van der Waals surface area contributed by atoms with Crippen molar-refractivity contribution in [2.24, 2.45) is 5.14 Å². The van der Waals surface area contributed by atoms with E-state index in [0.29, 0.717) is 5.75 Å². The van der Waals surface area contributed by atoms with Gasteiger partial charge < -0.3 is 4.74 Å². The Kier molecular flexibility index (Phi) is 3.09. The van der Waals surface area contributed by atoms with Gasteiger partial charge in [-0.15, -0.1) is 11.8 Å². The zero-order chi connectivity index (χ0) is 11.8. The molecule has 1 aromatic rings. The Bertz CT molecular complexity index is 497. The summed E-state index contributed by atoms with van der Waals surface area (Å²) in [6, 6.07) is 1.44. The average molecular weight is 260 g/mol. The highest BCUT2D eigenvalue weighted by Gasteiger charge is 2.25. The molecule has 1 aliphatic carbocycles. The van der Waals surface area contributed by atoms with Crippen LogP contribution in [0.4, 0.5) is 0 Å². The van der Waals surface area contributed by atoms with Gasteiger partial charge in [0, 0.05) is 0 Å². The maximum atomic E-state index is 11.1. The van der Waals surface area contributed by atoms with Crippen molar-refractivity contribution in [1.82, 2.24) is 4.98 Å². The summed E-state index contributed by atoms with van der Waals surface area (Å²) in [5.74, 6) is 0.627. The quantitative estimate of drug-likeness (QED) is 0.816. The molecule has 7 heteroatoms. The van der Waals surface area contributed by atoms with E-state index in [1.54, 1.807) is 0 Å². The Morgan fingerprint density at radius 3 is 2.75 bits per heavy atom. The standard InChI is InChI=1S/C9H12N2O3S2/c1-15-8-4-9(16(10,12)13)11-5-7(8)14-6-2-3-6/h4-6H,2-3H2,1H3,(H2,10,12,13). The topological polar surface area (TPSA) is 82.3 Å². The van der Waals surface area contributed by atoms with Crippen LogP contribution >= 0.6 is 11.8 Å². The molecule has 88 valence electrons. The summed E-state index contributed by atoms with van der Waals surface area (Å²) in [5, 5.41) is 4.88. The van der Waals surface area contributed by atoms with Gasteiger partial charge in [-0.1, -0.05) is 0 Å². The van der Waals surface area contributed by atoms with Crippen molar-refractivity contribution in [3.63, 3.8) is 0 Å². The predicted molar refractivity (Wildman–Crippen MR) is 61.0 cm³/mol. The minimum atomic E-state index is -3.75. The third kappa shape index (κ3) is 2.66. The van der Waals surface area contributed by atoms with Crippen LogP contribution in [0, 0.1) is 0 Å². The minimum Gasteiger partial charge on any atom is -0.488 e. The van der Waals surface area contributed by atoms with Gasteiger partial charge in [-0.25, -0.2) is 18.5 Å². The number of thioether (sulfide) groups is 1. The van der Waals surface area contributed by atoms with Crippen molar-refractivity contribution in [3.05, 3.63) is 12.3 Å². The molecule has 1 fully saturated rings. The van der Waals surface area contributed by atoms with Gasteiger partial charge >= 0.3 is 0 Å². The van der Waals surface area contributed by atoms with Gasteiger partial charge in [-0.3, -0.25) is 0 Å². The molecule has 0 aliphatic heterocycles. The summed E-state index contributed by atoms with van der Waals surface area (Å²) in [5.41, 5.74) is 0. The second-order valence-corrected chi connectivity index (χ2v) is 5.89. The lowest BCUT2D eigenvalue weighted by Gasteiger charge is -2.09. The number of rotatable bonds is 4. The molecular weight excluding hydrogens is 248 g/mol. The number of primary sulfonamides is 1. The highest BCUT2D eigenvalue weighted by atomic mass is 32.2. The Morgan fingerprint density at radius 2 is 2.25 bits per heavy atom. The first-order chi connectivity index (χ1) is 7.50. The van der Waals surface area contributed by atoms with Crippen LogP contribution in [0.15, 0.2) is 22.2 Å².